The maximum atomic E-state index is 13.2. The highest BCUT2D eigenvalue weighted by Crippen LogP contribution is 2.49. The lowest BCUT2D eigenvalue weighted by atomic mass is 9.95. The number of aromatic amines is 1. The lowest BCUT2D eigenvalue weighted by Crippen LogP contribution is -2.32. The lowest BCUT2D eigenvalue weighted by Gasteiger charge is -2.15. The first-order chi connectivity index (χ1) is 9.64. The van der Waals surface area contributed by atoms with Crippen LogP contribution in [0.25, 0.3) is 10.9 Å². The largest absolute Gasteiger partial charge is 0.450 e. The van der Waals surface area contributed by atoms with Crippen molar-refractivity contribution in [3.05, 3.63) is 35.8 Å². The van der Waals surface area contributed by atoms with E-state index in [0.29, 0.717) is 13.2 Å². The number of halogens is 1. The molecule has 5 heteroatoms. The van der Waals surface area contributed by atoms with Crippen LogP contribution in [0, 0.1) is 5.82 Å². The summed E-state index contributed by atoms with van der Waals surface area (Å²) in [6.07, 6.45) is 3.57. The summed E-state index contributed by atoms with van der Waals surface area (Å²) in [4.78, 5) is 14.5. The van der Waals surface area contributed by atoms with E-state index in [9.17, 15) is 9.18 Å². The van der Waals surface area contributed by atoms with Gasteiger partial charge in [-0.3, -0.25) is 0 Å². The van der Waals surface area contributed by atoms with Crippen LogP contribution in [0.1, 0.15) is 25.3 Å². The van der Waals surface area contributed by atoms with Gasteiger partial charge in [0.25, 0.3) is 0 Å². The fourth-order valence-corrected chi connectivity index (χ4v) is 2.65. The third-order valence-corrected chi connectivity index (χ3v) is 3.92. The molecule has 0 bridgehead atoms. The number of carbonyl (C=O) groups excluding carboxylic acids is 1. The number of fused-ring (bicyclic) bond motifs is 1. The van der Waals surface area contributed by atoms with Crippen molar-refractivity contribution in [1.29, 1.82) is 0 Å². The molecule has 20 heavy (non-hydrogen) atoms. The Labute approximate surface area is 116 Å². The van der Waals surface area contributed by atoms with Gasteiger partial charge >= 0.3 is 6.09 Å². The molecule has 1 saturated carbocycles. The Morgan fingerprint density at radius 1 is 1.50 bits per heavy atom. The first-order valence-electron chi connectivity index (χ1n) is 6.82. The highest BCUT2D eigenvalue weighted by molar-refractivity contribution is 5.85. The highest BCUT2D eigenvalue weighted by atomic mass is 19.1. The summed E-state index contributed by atoms with van der Waals surface area (Å²) in [6.45, 7) is 2.70. The van der Waals surface area contributed by atoms with E-state index in [1.54, 1.807) is 13.0 Å². The van der Waals surface area contributed by atoms with Crippen LogP contribution in [0.5, 0.6) is 0 Å². The Bertz CT molecular complexity index is 646. The highest BCUT2D eigenvalue weighted by Gasteiger charge is 2.46. The van der Waals surface area contributed by atoms with Crippen molar-refractivity contribution < 1.29 is 13.9 Å². The van der Waals surface area contributed by atoms with Crippen LogP contribution in [0.4, 0.5) is 9.18 Å². The average molecular weight is 276 g/mol. The second-order valence-corrected chi connectivity index (χ2v) is 5.25. The van der Waals surface area contributed by atoms with Crippen molar-refractivity contribution in [2.75, 3.05) is 13.2 Å². The maximum absolute atomic E-state index is 13.2. The van der Waals surface area contributed by atoms with E-state index in [1.807, 2.05) is 6.20 Å². The Morgan fingerprint density at radius 3 is 3.00 bits per heavy atom. The fraction of sp³-hybridized carbons (Fsp3) is 0.400. The molecule has 3 rings (SSSR count). The summed E-state index contributed by atoms with van der Waals surface area (Å²) in [7, 11) is 0. The van der Waals surface area contributed by atoms with E-state index in [2.05, 4.69) is 10.3 Å². The first-order valence-corrected chi connectivity index (χ1v) is 6.82. The zero-order valence-electron chi connectivity index (χ0n) is 11.3. The van der Waals surface area contributed by atoms with Crippen molar-refractivity contribution >= 4 is 17.0 Å². The topological polar surface area (TPSA) is 54.1 Å². The zero-order valence-corrected chi connectivity index (χ0v) is 11.3. The van der Waals surface area contributed by atoms with Gasteiger partial charge < -0.3 is 15.0 Å². The Morgan fingerprint density at radius 2 is 2.30 bits per heavy atom. The Balaban J connectivity index is 1.81. The molecule has 1 heterocycles. The zero-order chi connectivity index (χ0) is 14.2. The molecule has 0 aliphatic heterocycles. The normalized spacial score (nSPS) is 16.1. The van der Waals surface area contributed by atoms with Crippen molar-refractivity contribution in [3.63, 3.8) is 0 Å². The SMILES string of the molecule is CCOC(=O)NCC1(c2c[nH]c3cc(F)ccc23)CC1. The van der Waals surface area contributed by atoms with Gasteiger partial charge in [-0.15, -0.1) is 0 Å². The first kappa shape index (κ1) is 13.0. The number of benzene rings is 1. The molecule has 2 N–H and O–H groups in total. The fourth-order valence-electron chi connectivity index (χ4n) is 2.65. The van der Waals surface area contributed by atoms with Gasteiger partial charge in [-0.25, -0.2) is 9.18 Å². The molecule has 1 aromatic heterocycles. The van der Waals surface area contributed by atoms with Gasteiger partial charge in [0.05, 0.1) is 6.61 Å². The second-order valence-electron chi connectivity index (χ2n) is 5.25. The van der Waals surface area contributed by atoms with Crippen LogP contribution in [-0.2, 0) is 10.2 Å². The molecule has 1 aliphatic carbocycles. The Hall–Kier alpha value is -2.04. The smallest absolute Gasteiger partial charge is 0.407 e. The molecule has 106 valence electrons. The van der Waals surface area contributed by atoms with Gasteiger partial charge in [0.15, 0.2) is 0 Å². The molecule has 1 fully saturated rings. The monoisotopic (exact) mass is 276 g/mol. The predicted molar refractivity (Wildman–Crippen MR) is 74.2 cm³/mol. The van der Waals surface area contributed by atoms with Crippen LogP contribution in [0.15, 0.2) is 24.4 Å². The second kappa shape index (κ2) is 4.81. The van der Waals surface area contributed by atoms with Crippen molar-refractivity contribution in [2.24, 2.45) is 0 Å². The van der Waals surface area contributed by atoms with Gasteiger partial charge in [-0.2, -0.15) is 0 Å². The molecular weight excluding hydrogens is 259 g/mol. The molecule has 0 unspecified atom stereocenters. The molecule has 2 aromatic rings. The van der Waals surface area contributed by atoms with E-state index in [-0.39, 0.29) is 17.3 Å². The summed E-state index contributed by atoms with van der Waals surface area (Å²) in [5, 5.41) is 3.82. The van der Waals surface area contributed by atoms with Gasteiger partial charge in [0.1, 0.15) is 5.82 Å². The number of nitrogens with one attached hydrogen (secondary N) is 2. The van der Waals surface area contributed by atoms with Crippen LogP contribution in [-0.4, -0.2) is 24.2 Å². The average Bonchev–Trinajstić information content (AvgIpc) is 3.10. The van der Waals surface area contributed by atoms with Gasteiger partial charge in [0, 0.05) is 29.1 Å². The molecule has 0 spiro atoms. The van der Waals surface area contributed by atoms with Crippen LogP contribution < -0.4 is 5.32 Å². The minimum Gasteiger partial charge on any atom is -0.450 e. The molecule has 4 nitrogen and oxygen atoms in total. The summed E-state index contributed by atoms with van der Waals surface area (Å²) in [6, 6.07) is 4.75. The number of hydrogen-bond donors (Lipinski definition) is 2. The summed E-state index contributed by atoms with van der Waals surface area (Å²) >= 11 is 0. The summed E-state index contributed by atoms with van der Waals surface area (Å²) in [5.74, 6) is -0.250. The maximum Gasteiger partial charge on any atom is 0.407 e. The van der Waals surface area contributed by atoms with E-state index < -0.39 is 0 Å². The quantitative estimate of drug-likeness (QED) is 0.901. The molecule has 1 amide bonds. The molecule has 0 radical (unpaired) electrons. The minimum absolute atomic E-state index is 0.0388. The van der Waals surface area contributed by atoms with Crippen molar-refractivity contribution in [3.8, 4) is 0 Å². The van der Waals surface area contributed by atoms with Gasteiger partial charge in [-0.1, -0.05) is 0 Å². The minimum atomic E-state index is -0.385. The molecule has 1 aliphatic rings. The summed E-state index contributed by atoms with van der Waals surface area (Å²) < 4.78 is 18.1. The van der Waals surface area contributed by atoms with E-state index in [4.69, 9.17) is 4.74 Å². The predicted octanol–water partition coefficient (Wildman–Crippen LogP) is 3.08. The lowest BCUT2D eigenvalue weighted by molar-refractivity contribution is 0.151. The van der Waals surface area contributed by atoms with Crippen molar-refractivity contribution in [1.82, 2.24) is 10.3 Å². The number of hydrogen-bond acceptors (Lipinski definition) is 2. The molecule has 0 saturated heterocycles. The number of rotatable bonds is 4. The van der Waals surface area contributed by atoms with Crippen LogP contribution in [0.2, 0.25) is 0 Å². The number of amides is 1. The van der Waals surface area contributed by atoms with Crippen LogP contribution in [0.3, 0.4) is 0 Å². The number of carbonyl (C=O) groups is 1. The number of alkyl carbamates (subject to hydrolysis) is 1. The Kier molecular flexibility index (Phi) is 3.12. The third kappa shape index (κ3) is 2.24. The van der Waals surface area contributed by atoms with Crippen molar-refractivity contribution in [2.45, 2.75) is 25.2 Å². The number of aromatic nitrogens is 1. The van der Waals surface area contributed by atoms with E-state index in [0.717, 1.165) is 29.3 Å². The van der Waals surface area contributed by atoms with Crippen LogP contribution >= 0.6 is 0 Å². The molecular formula is C15H17FN2O2. The molecule has 1 aromatic carbocycles. The standard InChI is InChI=1S/C15H17FN2O2/c1-2-20-14(19)18-9-15(5-6-15)12-8-17-13-7-10(16)3-4-11(12)13/h3-4,7-8,17H,2,5-6,9H2,1H3,(H,18,19). The van der Waals surface area contributed by atoms with E-state index in [1.165, 1.54) is 12.1 Å². The van der Waals surface area contributed by atoms with Gasteiger partial charge in [-0.05, 0) is 43.5 Å². The number of H-pyrrole nitrogens is 1. The number of ether oxygens (including phenoxy) is 1. The third-order valence-electron chi connectivity index (χ3n) is 3.92. The van der Waals surface area contributed by atoms with Gasteiger partial charge in [0.2, 0.25) is 0 Å². The molecule has 0 atom stereocenters. The van der Waals surface area contributed by atoms with E-state index >= 15 is 0 Å². The summed E-state index contributed by atoms with van der Waals surface area (Å²) in [5.41, 5.74) is 1.90.